The van der Waals surface area contributed by atoms with E-state index in [1.165, 1.54) is 0 Å². The zero-order valence-corrected chi connectivity index (χ0v) is 15.8. The van der Waals surface area contributed by atoms with Crippen LogP contribution in [0.5, 0.6) is 5.88 Å². The van der Waals surface area contributed by atoms with Crippen LogP contribution in [0.15, 0.2) is 22.7 Å². The summed E-state index contributed by atoms with van der Waals surface area (Å²) in [6.45, 7) is 5.04. The van der Waals surface area contributed by atoms with Gasteiger partial charge in [-0.05, 0) is 54.2 Å². The first-order valence-electron chi connectivity index (χ1n) is 7.73. The Bertz CT molecular complexity index is 574. The van der Waals surface area contributed by atoms with Gasteiger partial charge in [0, 0.05) is 32.1 Å². The molecule has 5 heteroatoms. The van der Waals surface area contributed by atoms with Gasteiger partial charge in [0.15, 0.2) is 0 Å². The predicted octanol–water partition coefficient (Wildman–Crippen LogP) is 4.46. The number of likely N-dealkylation sites (N-methyl/N-ethyl adjacent to an activating group) is 1. The van der Waals surface area contributed by atoms with Gasteiger partial charge in [-0.2, -0.15) is 0 Å². The predicted molar refractivity (Wildman–Crippen MR) is 98.7 cm³/mol. The van der Waals surface area contributed by atoms with Crippen LogP contribution in [0.3, 0.4) is 0 Å². The Hall–Kier alpha value is -0.940. The average Bonchev–Trinajstić information content (AvgIpc) is 2.52. The van der Waals surface area contributed by atoms with Crippen LogP contribution in [0.2, 0.25) is 0 Å². The van der Waals surface area contributed by atoms with Gasteiger partial charge in [0.2, 0.25) is 5.88 Å². The second kappa shape index (κ2) is 8.06. The first-order chi connectivity index (χ1) is 10.5. The number of ether oxygens (including phenoxy) is 1. The standard InChI is InChI=1S/C17H23BrN2OS/c1-4-20(3)16(22)11-13-10-15(18)17(19-12(13)2)21-14-8-6-5-7-9-14/h5-6,10,14H,4,7-9,11H2,1-3H3. The van der Waals surface area contributed by atoms with Gasteiger partial charge < -0.3 is 9.64 Å². The Morgan fingerprint density at radius 3 is 2.91 bits per heavy atom. The largest absolute Gasteiger partial charge is 0.473 e. The molecule has 2 rings (SSSR count). The normalized spacial score (nSPS) is 17.4. The summed E-state index contributed by atoms with van der Waals surface area (Å²) >= 11 is 9.06. The molecule has 120 valence electrons. The monoisotopic (exact) mass is 382 g/mol. The molecule has 1 aromatic rings. The van der Waals surface area contributed by atoms with Crippen molar-refractivity contribution in [2.75, 3.05) is 13.6 Å². The molecule has 0 fully saturated rings. The molecule has 0 aromatic carbocycles. The molecule has 0 bridgehead atoms. The third-order valence-electron chi connectivity index (χ3n) is 3.98. The van der Waals surface area contributed by atoms with Gasteiger partial charge in [0.25, 0.3) is 0 Å². The molecule has 3 nitrogen and oxygen atoms in total. The van der Waals surface area contributed by atoms with Crippen LogP contribution in [-0.2, 0) is 6.42 Å². The van der Waals surface area contributed by atoms with Crippen molar-refractivity contribution < 1.29 is 4.74 Å². The Morgan fingerprint density at radius 2 is 2.27 bits per heavy atom. The fourth-order valence-corrected chi connectivity index (χ4v) is 3.11. The quantitative estimate of drug-likeness (QED) is 0.554. The number of nitrogens with zero attached hydrogens (tertiary/aromatic N) is 2. The first-order valence-corrected chi connectivity index (χ1v) is 8.93. The van der Waals surface area contributed by atoms with E-state index in [0.717, 1.165) is 52.9 Å². The van der Waals surface area contributed by atoms with Crippen LogP contribution >= 0.6 is 28.1 Å². The number of halogens is 1. The molecule has 0 radical (unpaired) electrons. The number of hydrogen-bond donors (Lipinski definition) is 0. The summed E-state index contributed by atoms with van der Waals surface area (Å²) in [6, 6.07) is 2.09. The molecule has 1 heterocycles. The Morgan fingerprint density at radius 1 is 1.50 bits per heavy atom. The highest BCUT2D eigenvalue weighted by molar-refractivity contribution is 9.10. The fraction of sp³-hybridized carbons (Fsp3) is 0.529. The van der Waals surface area contributed by atoms with Gasteiger partial charge in [0.1, 0.15) is 6.10 Å². The van der Waals surface area contributed by atoms with Crippen molar-refractivity contribution >= 4 is 33.1 Å². The molecule has 0 spiro atoms. The van der Waals surface area contributed by atoms with Crippen LogP contribution in [0, 0.1) is 6.92 Å². The van der Waals surface area contributed by atoms with E-state index in [1.54, 1.807) is 0 Å². The van der Waals surface area contributed by atoms with Crippen LogP contribution in [0.4, 0.5) is 0 Å². The molecular weight excluding hydrogens is 360 g/mol. The summed E-state index contributed by atoms with van der Waals surface area (Å²) in [6.07, 6.45) is 8.45. The van der Waals surface area contributed by atoms with E-state index in [2.05, 4.69) is 51.0 Å². The molecule has 1 aliphatic rings. The van der Waals surface area contributed by atoms with Crippen molar-refractivity contribution in [1.29, 1.82) is 0 Å². The van der Waals surface area contributed by atoms with Crippen molar-refractivity contribution in [1.82, 2.24) is 9.88 Å². The maximum atomic E-state index is 6.04. The van der Waals surface area contributed by atoms with Gasteiger partial charge in [-0.15, -0.1) is 0 Å². The third-order valence-corrected chi connectivity index (χ3v) is 5.00. The molecule has 1 aromatic heterocycles. The lowest BCUT2D eigenvalue weighted by Gasteiger charge is -2.21. The molecule has 0 N–H and O–H groups in total. The van der Waals surface area contributed by atoms with Crippen molar-refractivity contribution in [2.24, 2.45) is 0 Å². The van der Waals surface area contributed by atoms with E-state index in [-0.39, 0.29) is 6.10 Å². The maximum absolute atomic E-state index is 6.04. The van der Waals surface area contributed by atoms with Gasteiger partial charge in [-0.3, -0.25) is 0 Å². The first kappa shape index (κ1) is 17.4. The second-order valence-corrected chi connectivity index (χ2v) is 6.95. The van der Waals surface area contributed by atoms with Gasteiger partial charge >= 0.3 is 0 Å². The summed E-state index contributed by atoms with van der Waals surface area (Å²) in [5.41, 5.74) is 2.13. The molecule has 1 atom stereocenters. The number of aromatic nitrogens is 1. The van der Waals surface area contributed by atoms with Crippen molar-refractivity contribution in [2.45, 2.75) is 45.6 Å². The van der Waals surface area contributed by atoms with E-state index in [1.807, 2.05) is 14.0 Å². The van der Waals surface area contributed by atoms with Crippen LogP contribution in [-0.4, -0.2) is 34.6 Å². The molecule has 0 aliphatic heterocycles. The minimum Gasteiger partial charge on any atom is -0.473 e. The summed E-state index contributed by atoms with van der Waals surface area (Å²) in [7, 11) is 2.02. The van der Waals surface area contributed by atoms with E-state index in [4.69, 9.17) is 17.0 Å². The minimum absolute atomic E-state index is 0.228. The van der Waals surface area contributed by atoms with Crippen molar-refractivity contribution in [3.05, 3.63) is 33.9 Å². The van der Waals surface area contributed by atoms with Crippen molar-refractivity contribution in [3.8, 4) is 5.88 Å². The van der Waals surface area contributed by atoms with Crippen LogP contribution in [0.1, 0.15) is 37.4 Å². The lowest BCUT2D eigenvalue weighted by Crippen LogP contribution is -2.26. The maximum Gasteiger partial charge on any atom is 0.228 e. The summed E-state index contributed by atoms with van der Waals surface area (Å²) in [5.74, 6) is 0.691. The third kappa shape index (κ3) is 4.53. The molecule has 1 aliphatic carbocycles. The number of rotatable bonds is 5. The summed E-state index contributed by atoms with van der Waals surface area (Å²) in [5, 5.41) is 0. The van der Waals surface area contributed by atoms with Gasteiger partial charge in [0.05, 0.1) is 9.46 Å². The number of allylic oxidation sites excluding steroid dienone is 1. The van der Waals surface area contributed by atoms with Crippen LogP contribution in [0.25, 0.3) is 0 Å². The van der Waals surface area contributed by atoms with E-state index in [0.29, 0.717) is 5.88 Å². The van der Waals surface area contributed by atoms with E-state index in [9.17, 15) is 0 Å². The molecular formula is C17H23BrN2OS. The molecule has 22 heavy (non-hydrogen) atoms. The minimum atomic E-state index is 0.228. The highest BCUT2D eigenvalue weighted by Crippen LogP contribution is 2.28. The van der Waals surface area contributed by atoms with Crippen LogP contribution < -0.4 is 4.74 Å². The van der Waals surface area contributed by atoms with E-state index < -0.39 is 0 Å². The molecule has 0 saturated carbocycles. The highest BCUT2D eigenvalue weighted by atomic mass is 79.9. The zero-order valence-electron chi connectivity index (χ0n) is 13.4. The topological polar surface area (TPSA) is 25.4 Å². The number of pyridine rings is 1. The van der Waals surface area contributed by atoms with Crippen molar-refractivity contribution in [3.63, 3.8) is 0 Å². The SMILES string of the molecule is CCN(C)C(=S)Cc1cc(Br)c(OC2CC=CCC2)nc1C. The number of thiocarbonyl (C=S) groups is 1. The second-order valence-electron chi connectivity index (χ2n) is 5.63. The molecule has 0 amide bonds. The fourth-order valence-electron chi connectivity index (χ4n) is 2.36. The van der Waals surface area contributed by atoms with E-state index >= 15 is 0 Å². The smallest absolute Gasteiger partial charge is 0.228 e. The summed E-state index contributed by atoms with van der Waals surface area (Å²) < 4.78 is 6.95. The Labute approximate surface area is 146 Å². The molecule has 1 unspecified atom stereocenters. The van der Waals surface area contributed by atoms with Gasteiger partial charge in [-0.1, -0.05) is 24.4 Å². The lowest BCUT2D eigenvalue weighted by atomic mass is 10.0. The lowest BCUT2D eigenvalue weighted by molar-refractivity contribution is 0.181. The Kier molecular flexibility index (Phi) is 6.38. The Balaban J connectivity index is 2.10. The number of aryl methyl sites for hydroxylation is 1. The summed E-state index contributed by atoms with van der Waals surface area (Å²) in [4.78, 5) is 7.65. The van der Waals surface area contributed by atoms with Gasteiger partial charge in [-0.25, -0.2) is 4.98 Å². The highest BCUT2D eigenvalue weighted by Gasteiger charge is 2.16. The number of hydrogen-bond acceptors (Lipinski definition) is 3. The average molecular weight is 383 g/mol. The zero-order chi connectivity index (χ0) is 16.1. The molecule has 0 saturated heterocycles.